The maximum Gasteiger partial charge on any atom is 0.145 e. The Morgan fingerprint density at radius 2 is 2.36 bits per heavy atom. The van der Waals surface area contributed by atoms with Crippen molar-refractivity contribution in [2.75, 3.05) is 6.61 Å². The fourth-order valence-electron chi connectivity index (χ4n) is 1.51. The van der Waals surface area contributed by atoms with E-state index in [1.54, 1.807) is 0 Å². The molecule has 2 heterocycles. The van der Waals surface area contributed by atoms with Gasteiger partial charge < -0.3 is 14.9 Å². The molecule has 14 heavy (non-hydrogen) atoms. The van der Waals surface area contributed by atoms with Gasteiger partial charge in [-0.1, -0.05) is 11.8 Å². The van der Waals surface area contributed by atoms with Crippen molar-refractivity contribution in [1.29, 1.82) is 0 Å². The average molecular weight is 221 g/mol. The highest BCUT2D eigenvalue weighted by atomic mass is 32.2. The zero-order valence-corrected chi connectivity index (χ0v) is 8.45. The lowest BCUT2D eigenvalue weighted by Crippen LogP contribution is -2.49. The highest BCUT2D eigenvalue weighted by Crippen LogP contribution is 2.35. The molecule has 2 N–H and O–H groups in total. The molecule has 0 bridgehead atoms. The molecule has 0 aromatic rings. The minimum atomic E-state index is -1.14. The monoisotopic (exact) mass is 221 g/mol. The molecule has 0 saturated carbocycles. The predicted molar refractivity (Wildman–Crippen MR) is 51.1 cm³/mol. The predicted octanol–water partition coefficient (Wildman–Crippen LogP) is -0.0636. The molecule has 2 aliphatic heterocycles. The lowest BCUT2D eigenvalue weighted by Gasteiger charge is -2.31. The normalized spacial score (nSPS) is 44.4. The molecule has 0 radical (unpaired) electrons. The van der Waals surface area contributed by atoms with E-state index < -0.39 is 24.4 Å². The molecule has 0 aromatic carbocycles. The molecule has 4 unspecified atom stereocenters. The van der Waals surface area contributed by atoms with Gasteiger partial charge in [-0.25, -0.2) is 4.39 Å². The maximum atomic E-state index is 12.9. The number of aliphatic imine (C=N–C) groups is 1. The molecular weight excluding hydrogens is 209 g/mol. The fourth-order valence-corrected chi connectivity index (χ4v) is 2.63. The summed E-state index contributed by atoms with van der Waals surface area (Å²) < 4.78 is 18.2. The van der Waals surface area contributed by atoms with Gasteiger partial charge in [0.1, 0.15) is 34.9 Å². The van der Waals surface area contributed by atoms with Gasteiger partial charge in [0.15, 0.2) is 0 Å². The maximum absolute atomic E-state index is 12.9. The van der Waals surface area contributed by atoms with Crippen molar-refractivity contribution in [2.45, 2.75) is 36.8 Å². The van der Waals surface area contributed by atoms with Crippen LogP contribution in [0.1, 0.15) is 6.92 Å². The van der Waals surface area contributed by atoms with E-state index in [0.29, 0.717) is 5.04 Å². The Balaban J connectivity index is 2.12. The SMILES string of the molecule is CC(F)C1=NC2C(O)C(O)CO[C@H]2S1. The molecule has 1 fully saturated rings. The molecule has 1 saturated heterocycles. The van der Waals surface area contributed by atoms with Crippen molar-refractivity contribution in [3.05, 3.63) is 0 Å². The van der Waals surface area contributed by atoms with Crippen LogP contribution in [-0.4, -0.2) is 51.7 Å². The summed E-state index contributed by atoms with van der Waals surface area (Å²) in [6.45, 7) is 1.48. The molecule has 2 rings (SSSR count). The van der Waals surface area contributed by atoms with Gasteiger partial charge in [-0.05, 0) is 6.92 Å². The van der Waals surface area contributed by atoms with Gasteiger partial charge >= 0.3 is 0 Å². The van der Waals surface area contributed by atoms with Crippen LogP contribution in [0.25, 0.3) is 0 Å². The summed E-state index contributed by atoms with van der Waals surface area (Å²) in [4.78, 5) is 4.01. The van der Waals surface area contributed by atoms with Gasteiger partial charge in [-0.2, -0.15) is 0 Å². The van der Waals surface area contributed by atoms with Crippen molar-refractivity contribution in [1.82, 2.24) is 0 Å². The van der Waals surface area contributed by atoms with E-state index in [4.69, 9.17) is 4.74 Å². The van der Waals surface area contributed by atoms with Crippen LogP contribution in [0.3, 0.4) is 0 Å². The first-order valence-corrected chi connectivity index (χ1v) is 5.33. The summed E-state index contributed by atoms with van der Waals surface area (Å²) in [6.07, 6.45) is -3.01. The molecule has 80 valence electrons. The first-order chi connectivity index (χ1) is 6.59. The van der Waals surface area contributed by atoms with Crippen LogP contribution >= 0.6 is 11.8 Å². The number of rotatable bonds is 1. The summed E-state index contributed by atoms with van der Waals surface area (Å²) in [5.41, 5.74) is -0.346. The second-order valence-electron chi connectivity index (χ2n) is 3.45. The van der Waals surface area contributed by atoms with Crippen molar-refractivity contribution >= 4 is 16.8 Å². The molecule has 5 atom stereocenters. The van der Waals surface area contributed by atoms with Crippen molar-refractivity contribution < 1.29 is 19.3 Å². The summed E-state index contributed by atoms with van der Waals surface area (Å²) in [6, 6.07) is -0.531. The summed E-state index contributed by atoms with van der Waals surface area (Å²) in [7, 11) is 0. The number of nitrogens with zero attached hydrogens (tertiary/aromatic N) is 1. The average Bonchev–Trinajstić information content (AvgIpc) is 2.56. The third-order valence-corrected chi connectivity index (χ3v) is 3.63. The number of ether oxygens (including phenoxy) is 1. The Bertz CT molecular complexity index is 261. The Morgan fingerprint density at radius 1 is 1.64 bits per heavy atom. The van der Waals surface area contributed by atoms with E-state index in [-0.39, 0.29) is 12.0 Å². The van der Waals surface area contributed by atoms with Crippen molar-refractivity contribution in [2.24, 2.45) is 4.99 Å². The molecule has 0 aliphatic carbocycles. The fraction of sp³-hybridized carbons (Fsp3) is 0.875. The van der Waals surface area contributed by atoms with E-state index in [9.17, 15) is 14.6 Å². The largest absolute Gasteiger partial charge is 0.388 e. The molecule has 0 spiro atoms. The number of hydrogen-bond donors (Lipinski definition) is 2. The number of aliphatic hydroxyl groups is 2. The third-order valence-electron chi connectivity index (χ3n) is 2.31. The summed E-state index contributed by atoms with van der Waals surface area (Å²) in [5.74, 6) is 0. The minimum absolute atomic E-state index is 0.0821. The minimum Gasteiger partial charge on any atom is -0.388 e. The topological polar surface area (TPSA) is 62.1 Å². The lowest BCUT2D eigenvalue weighted by atomic mass is 10.0. The first kappa shape index (κ1) is 10.4. The zero-order chi connectivity index (χ0) is 10.3. The number of aliphatic hydroxyl groups excluding tert-OH is 2. The summed E-state index contributed by atoms with van der Waals surface area (Å²) in [5, 5.41) is 19.2. The smallest absolute Gasteiger partial charge is 0.145 e. The number of fused-ring (bicyclic) bond motifs is 1. The van der Waals surface area contributed by atoms with Gasteiger partial charge in [-0.3, -0.25) is 4.99 Å². The van der Waals surface area contributed by atoms with Crippen molar-refractivity contribution in [3.8, 4) is 0 Å². The molecule has 6 heteroatoms. The van der Waals surface area contributed by atoms with E-state index in [0.717, 1.165) is 0 Å². The number of thioether (sulfide) groups is 1. The van der Waals surface area contributed by atoms with Crippen molar-refractivity contribution in [3.63, 3.8) is 0 Å². The second-order valence-corrected chi connectivity index (χ2v) is 4.57. The highest BCUT2D eigenvalue weighted by Gasteiger charge is 2.44. The van der Waals surface area contributed by atoms with E-state index in [1.807, 2.05) is 0 Å². The van der Waals surface area contributed by atoms with E-state index in [2.05, 4.69) is 4.99 Å². The number of halogens is 1. The van der Waals surface area contributed by atoms with E-state index >= 15 is 0 Å². The van der Waals surface area contributed by atoms with E-state index in [1.165, 1.54) is 18.7 Å². The Kier molecular flexibility index (Phi) is 2.79. The van der Waals surface area contributed by atoms with Gasteiger partial charge in [0, 0.05) is 0 Å². The Morgan fingerprint density at radius 3 is 3.00 bits per heavy atom. The molecule has 0 amide bonds. The van der Waals surface area contributed by atoms with Gasteiger partial charge in [0.05, 0.1) is 6.61 Å². The van der Waals surface area contributed by atoms with Gasteiger partial charge in [0.2, 0.25) is 0 Å². The van der Waals surface area contributed by atoms with Crippen LogP contribution in [-0.2, 0) is 4.74 Å². The molecular formula is C8H12FNO3S. The lowest BCUT2D eigenvalue weighted by molar-refractivity contribution is -0.105. The Hall–Kier alpha value is -0.170. The van der Waals surface area contributed by atoms with Gasteiger partial charge in [-0.15, -0.1) is 0 Å². The molecule has 2 aliphatic rings. The highest BCUT2D eigenvalue weighted by molar-refractivity contribution is 8.14. The summed E-state index contributed by atoms with van der Waals surface area (Å²) >= 11 is 1.19. The number of alkyl halides is 1. The standard InChI is InChI=1S/C8H12FNO3S/c1-3(9)7-10-5-6(12)4(11)2-13-8(5)14-7/h3-6,8,11-12H,2H2,1H3/t3?,4?,5?,6?,8-/m0/s1. The second kappa shape index (κ2) is 3.77. The molecule has 0 aromatic heterocycles. The van der Waals surface area contributed by atoms with Crippen LogP contribution in [0.4, 0.5) is 4.39 Å². The van der Waals surface area contributed by atoms with Gasteiger partial charge in [0.25, 0.3) is 0 Å². The third kappa shape index (κ3) is 1.67. The van der Waals surface area contributed by atoms with Crippen LogP contribution < -0.4 is 0 Å². The quantitative estimate of drug-likeness (QED) is 0.651. The van der Waals surface area contributed by atoms with Crippen LogP contribution in [0.15, 0.2) is 4.99 Å². The Labute approximate surface area is 85.2 Å². The zero-order valence-electron chi connectivity index (χ0n) is 7.63. The first-order valence-electron chi connectivity index (χ1n) is 4.45. The number of hydrogen-bond acceptors (Lipinski definition) is 5. The van der Waals surface area contributed by atoms with Crippen LogP contribution in [0.5, 0.6) is 0 Å². The van der Waals surface area contributed by atoms with Crippen LogP contribution in [0.2, 0.25) is 0 Å². The molecule has 4 nitrogen and oxygen atoms in total. The van der Waals surface area contributed by atoms with Crippen LogP contribution in [0, 0.1) is 0 Å².